The molecule has 49 heavy (non-hydrogen) atoms. The summed E-state index contributed by atoms with van der Waals surface area (Å²) in [5.41, 5.74) is -0.161. The Labute approximate surface area is 283 Å². The van der Waals surface area contributed by atoms with Crippen LogP contribution in [0, 0.1) is 29.4 Å². The van der Waals surface area contributed by atoms with E-state index in [1.165, 1.54) is 20.3 Å². The summed E-state index contributed by atoms with van der Waals surface area (Å²) in [6.07, 6.45) is 8.55. The summed E-state index contributed by atoms with van der Waals surface area (Å²) >= 11 is 0. The van der Waals surface area contributed by atoms with E-state index in [1.807, 2.05) is 4.90 Å². The number of halogens is 2. The number of ether oxygens (including phenoxy) is 5. The molecule has 0 amide bonds. The predicted molar refractivity (Wildman–Crippen MR) is 179 cm³/mol. The molecule has 0 bridgehead atoms. The van der Waals surface area contributed by atoms with Crippen LogP contribution < -0.4 is 19.1 Å². The number of hydrogen-bond acceptors (Lipinski definition) is 11. The molecule has 1 N–H and O–H groups in total. The number of piperidine rings is 1. The van der Waals surface area contributed by atoms with Crippen LogP contribution in [0.5, 0.6) is 17.6 Å². The van der Waals surface area contributed by atoms with Crippen molar-refractivity contribution in [3.63, 3.8) is 0 Å². The van der Waals surface area contributed by atoms with E-state index in [0.717, 1.165) is 32.5 Å². The van der Waals surface area contributed by atoms with E-state index in [0.29, 0.717) is 56.2 Å². The van der Waals surface area contributed by atoms with Crippen LogP contribution in [0.2, 0.25) is 0 Å². The third-order valence-corrected chi connectivity index (χ3v) is 9.51. The Balaban J connectivity index is 1.38. The van der Waals surface area contributed by atoms with Gasteiger partial charge in [-0.25, -0.2) is 13.8 Å². The highest BCUT2D eigenvalue weighted by molar-refractivity contribution is 6.04. The molecule has 3 fully saturated rings. The lowest BCUT2D eigenvalue weighted by Crippen LogP contribution is -2.41. The molecule has 0 unspecified atom stereocenters. The molecule has 1 atom stereocenters. The van der Waals surface area contributed by atoms with Crippen LogP contribution in [0.3, 0.4) is 0 Å². The fraction of sp³-hybridized carbons (Fsp3) is 0.472. The monoisotopic (exact) mass is 675 g/mol. The number of nitrogens with zero attached hydrogens (tertiary/aromatic N) is 5. The number of morpholine rings is 1. The number of hydrogen-bond donors (Lipinski definition) is 1. The number of aliphatic hydroxyl groups is 1. The lowest BCUT2D eigenvalue weighted by atomic mass is 9.95. The molecule has 11 nitrogen and oxygen atoms in total. The molecule has 2 aromatic heterocycles. The number of fused-ring (bicyclic) bond motifs is 2. The third-order valence-electron chi connectivity index (χ3n) is 9.51. The first-order chi connectivity index (χ1) is 23.8. The Morgan fingerprint density at radius 1 is 1.06 bits per heavy atom. The van der Waals surface area contributed by atoms with Gasteiger partial charge in [-0.1, -0.05) is 12.0 Å². The highest BCUT2D eigenvalue weighted by Gasteiger charge is 2.45. The molecule has 1 saturated carbocycles. The minimum Gasteiger partial charge on any atom is -0.480 e. The standard InChI is InChI=1S/C36H39F2N5O6/c1-4-25-27(37)8-7-22-16-24(49-21-45-2)17-26(28(22)25)31-30(38)32-29(34(39-31)46-3)33(43-11-5-6-23(44)18-43)41-35(40-32)48-20-36(9-10-36)19-42-12-14-47-15-13-42/h1,7-8,16-17,23,44H,5-6,9-15,18-21H2,2-3H3/t23-/m1/s1. The normalized spacial score (nSPS) is 19.2. The van der Waals surface area contributed by atoms with Gasteiger partial charge in [0.25, 0.3) is 0 Å². The number of β-amino-alcohol motifs (C(OH)–C–C–N with tert-alkyl or cyclic N) is 1. The van der Waals surface area contributed by atoms with Crippen molar-refractivity contribution < 1.29 is 37.6 Å². The maximum absolute atomic E-state index is 17.2. The van der Waals surface area contributed by atoms with Crippen molar-refractivity contribution in [1.29, 1.82) is 0 Å². The summed E-state index contributed by atoms with van der Waals surface area (Å²) in [5, 5.41) is 11.6. The molecule has 0 radical (unpaired) electrons. The summed E-state index contributed by atoms with van der Waals surface area (Å²) in [5.74, 6) is 1.73. The summed E-state index contributed by atoms with van der Waals surface area (Å²) in [6.45, 7) is 5.17. The van der Waals surface area contributed by atoms with Gasteiger partial charge in [-0.3, -0.25) is 4.90 Å². The second-order valence-corrected chi connectivity index (χ2v) is 12.9. The number of aromatic nitrogens is 3. The minimum absolute atomic E-state index is 0.00585. The summed E-state index contributed by atoms with van der Waals surface area (Å²) in [7, 11) is 2.91. The van der Waals surface area contributed by atoms with Gasteiger partial charge in [0.15, 0.2) is 12.6 Å². The van der Waals surface area contributed by atoms with Gasteiger partial charge in [0, 0.05) is 56.2 Å². The lowest BCUT2D eigenvalue weighted by molar-refractivity contribution is 0.0231. The quantitative estimate of drug-likeness (QED) is 0.179. The van der Waals surface area contributed by atoms with Crippen molar-refractivity contribution in [3.8, 4) is 41.2 Å². The van der Waals surface area contributed by atoms with Crippen molar-refractivity contribution in [2.24, 2.45) is 5.41 Å². The van der Waals surface area contributed by atoms with Gasteiger partial charge in [0.05, 0.1) is 38.6 Å². The second kappa shape index (κ2) is 13.9. The fourth-order valence-electron chi connectivity index (χ4n) is 6.80. The molecule has 0 spiro atoms. The number of anilines is 1. The van der Waals surface area contributed by atoms with Crippen molar-refractivity contribution in [3.05, 3.63) is 41.5 Å². The van der Waals surface area contributed by atoms with E-state index in [-0.39, 0.29) is 63.8 Å². The average molecular weight is 676 g/mol. The zero-order valence-corrected chi connectivity index (χ0v) is 27.6. The molecule has 2 aromatic carbocycles. The fourth-order valence-corrected chi connectivity index (χ4v) is 6.80. The largest absolute Gasteiger partial charge is 0.480 e. The molecular weight excluding hydrogens is 636 g/mol. The third kappa shape index (κ3) is 6.66. The molecule has 258 valence electrons. The summed E-state index contributed by atoms with van der Waals surface area (Å²) in [6, 6.07) is 6.03. The number of methoxy groups -OCH3 is 2. The van der Waals surface area contributed by atoms with Crippen molar-refractivity contribution in [2.45, 2.75) is 31.8 Å². The first kappa shape index (κ1) is 33.2. The van der Waals surface area contributed by atoms with Crippen LogP contribution in [0.4, 0.5) is 14.6 Å². The van der Waals surface area contributed by atoms with Crippen LogP contribution in [-0.4, -0.2) is 105 Å². The molecule has 7 rings (SSSR count). The summed E-state index contributed by atoms with van der Waals surface area (Å²) < 4.78 is 60.6. The van der Waals surface area contributed by atoms with Crippen molar-refractivity contribution in [1.82, 2.24) is 19.9 Å². The number of terminal acetylenes is 1. The van der Waals surface area contributed by atoms with E-state index < -0.39 is 17.7 Å². The molecule has 13 heteroatoms. The SMILES string of the molecule is C#Cc1c(F)ccc2cc(OCOC)cc(-c3nc(OC)c4c(N5CCC[C@@H](O)C5)nc(OCC5(CN6CCOCC6)CC5)nc4c3F)c12. The molecule has 3 aliphatic rings. The van der Waals surface area contributed by atoms with Crippen molar-refractivity contribution in [2.75, 3.05) is 78.5 Å². The first-order valence-electron chi connectivity index (χ1n) is 16.5. The average Bonchev–Trinajstić information content (AvgIpc) is 3.89. The van der Waals surface area contributed by atoms with Crippen LogP contribution >= 0.6 is 0 Å². The Morgan fingerprint density at radius 3 is 2.59 bits per heavy atom. The van der Waals surface area contributed by atoms with Crippen LogP contribution in [-0.2, 0) is 9.47 Å². The molecule has 2 aliphatic heterocycles. The smallest absolute Gasteiger partial charge is 0.319 e. The lowest BCUT2D eigenvalue weighted by Gasteiger charge is -2.32. The zero-order valence-electron chi connectivity index (χ0n) is 27.6. The van der Waals surface area contributed by atoms with Gasteiger partial charge in [-0.15, -0.1) is 6.42 Å². The molecule has 4 aromatic rings. The Kier molecular flexibility index (Phi) is 9.39. The Bertz CT molecular complexity index is 1910. The molecule has 1 aliphatic carbocycles. The number of pyridine rings is 1. The van der Waals surface area contributed by atoms with Gasteiger partial charge < -0.3 is 33.7 Å². The molecule has 4 heterocycles. The van der Waals surface area contributed by atoms with Gasteiger partial charge >= 0.3 is 6.01 Å². The Morgan fingerprint density at radius 2 is 1.88 bits per heavy atom. The zero-order chi connectivity index (χ0) is 34.1. The van der Waals surface area contributed by atoms with E-state index in [4.69, 9.17) is 35.1 Å². The van der Waals surface area contributed by atoms with E-state index >= 15 is 8.78 Å². The van der Waals surface area contributed by atoms with Gasteiger partial charge in [-0.05, 0) is 49.3 Å². The van der Waals surface area contributed by atoms with E-state index in [1.54, 1.807) is 18.2 Å². The van der Waals surface area contributed by atoms with Crippen LogP contribution in [0.25, 0.3) is 32.9 Å². The first-order valence-corrected chi connectivity index (χ1v) is 16.5. The van der Waals surface area contributed by atoms with Crippen LogP contribution in [0.15, 0.2) is 24.3 Å². The maximum atomic E-state index is 17.2. The highest BCUT2D eigenvalue weighted by Crippen LogP contribution is 2.47. The summed E-state index contributed by atoms with van der Waals surface area (Å²) in [4.78, 5) is 18.3. The molecule has 2 saturated heterocycles. The van der Waals surface area contributed by atoms with E-state index in [9.17, 15) is 5.11 Å². The number of rotatable bonds is 11. The van der Waals surface area contributed by atoms with Crippen LogP contribution in [0.1, 0.15) is 31.2 Å². The Hall–Kier alpha value is -4.35. The van der Waals surface area contributed by atoms with Gasteiger partial charge in [0.1, 0.15) is 34.0 Å². The number of benzene rings is 2. The van der Waals surface area contributed by atoms with Gasteiger partial charge in [-0.2, -0.15) is 9.97 Å². The second-order valence-electron chi connectivity index (χ2n) is 12.9. The minimum atomic E-state index is -0.797. The topological polar surface area (TPSA) is 112 Å². The molecular formula is C36H39F2N5O6. The maximum Gasteiger partial charge on any atom is 0.319 e. The highest BCUT2D eigenvalue weighted by atomic mass is 19.1. The van der Waals surface area contributed by atoms with Crippen molar-refractivity contribution >= 4 is 27.5 Å². The van der Waals surface area contributed by atoms with Gasteiger partial charge in [0.2, 0.25) is 5.88 Å². The predicted octanol–water partition coefficient (Wildman–Crippen LogP) is 4.55. The number of aliphatic hydroxyl groups excluding tert-OH is 1. The van der Waals surface area contributed by atoms with E-state index in [2.05, 4.69) is 20.8 Å².